The third-order valence-electron chi connectivity index (χ3n) is 9.39. The number of nitrogens with one attached hydrogen (secondary N) is 4. The molecule has 0 bridgehead atoms. The van der Waals surface area contributed by atoms with E-state index in [4.69, 9.17) is 4.74 Å². The number of amides is 5. The van der Waals surface area contributed by atoms with Gasteiger partial charge in [-0.05, 0) is 56.3 Å². The Morgan fingerprint density at radius 1 is 1.02 bits per heavy atom. The van der Waals surface area contributed by atoms with E-state index in [9.17, 15) is 28.8 Å². The molecule has 2 heterocycles. The third kappa shape index (κ3) is 8.70. The number of methoxy groups -OCH3 is 1. The molecule has 3 aliphatic rings. The molecule has 47 heavy (non-hydrogen) atoms. The second kappa shape index (κ2) is 15.3. The molecule has 1 aromatic rings. The van der Waals surface area contributed by atoms with Crippen LogP contribution in [0.15, 0.2) is 18.6 Å². The number of carbonyl (C=O) groups is 6. The van der Waals surface area contributed by atoms with Crippen molar-refractivity contribution in [1.82, 2.24) is 36.1 Å². The van der Waals surface area contributed by atoms with E-state index in [1.165, 1.54) is 30.6 Å². The molecule has 1 unspecified atom stereocenters. The van der Waals surface area contributed by atoms with Gasteiger partial charge in [0.15, 0.2) is 0 Å². The number of likely N-dealkylation sites (tertiary alicyclic amines) is 1. The summed E-state index contributed by atoms with van der Waals surface area (Å²) in [7, 11) is 1.41. The Kier molecular flexibility index (Phi) is 11.7. The Labute approximate surface area is 275 Å². The third-order valence-corrected chi connectivity index (χ3v) is 9.39. The zero-order valence-corrected chi connectivity index (χ0v) is 28.2. The Hall–Kier alpha value is -3.94. The molecule has 1 aliphatic heterocycles. The molecule has 3 fully saturated rings. The van der Waals surface area contributed by atoms with Gasteiger partial charge in [-0.3, -0.25) is 33.8 Å². The van der Waals surface area contributed by atoms with Gasteiger partial charge in [0.2, 0.25) is 23.5 Å². The lowest BCUT2D eigenvalue weighted by atomic mass is 9.85. The van der Waals surface area contributed by atoms with Crippen molar-refractivity contribution in [3.63, 3.8) is 0 Å². The highest BCUT2D eigenvalue weighted by Gasteiger charge is 2.52. The van der Waals surface area contributed by atoms with Crippen LogP contribution in [0, 0.1) is 17.3 Å². The van der Waals surface area contributed by atoms with E-state index in [0.717, 1.165) is 32.1 Å². The minimum atomic E-state index is -1.17. The van der Waals surface area contributed by atoms with Crippen LogP contribution in [0.1, 0.15) is 90.1 Å². The fraction of sp³-hybridized carbons (Fsp3) is 0.697. The topological polar surface area (TPSA) is 189 Å². The number of carbonyl (C=O) groups excluding carboxylic acids is 6. The second-order valence-corrected chi connectivity index (χ2v) is 14.0. The average Bonchev–Trinajstić information content (AvgIpc) is 3.61. The standard InChI is InChI=1S/C33H49N7O7/c1-7-9-22(26(41)31(45)36-20-12-13-20)37-30(44)25-21-11-8-10-19(21)17-40(25)32(46)27(33(3,4)5)39-29(43)24(18(2)47-6)38-28(42)23-16-34-14-15-35-23/h14-16,18-22,24-25,27H,7-13,17H2,1-6H3,(H,36,45)(H,37,44)(H,38,42)(H,39,43)/t18-,19+,21+,22+,24?,25+,27-/m1/s1. The van der Waals surface area contributed by atoms with Crippen molar-refractivity contribution in [3.8, 4) is 0 Å². The van der Waals surface area contributed by atoms with Crippen LogP contribution >= 0.6 is 0 Å². The first-order chi connectivity index (χ1) is 22.3. The molecule has 258 valence electrons. The van der Waals surface area contributed by atoms with Crippen molar-refractivity contribution in [2.24, 2.45) is 17.3 Å². The number of hydrogen-bond acceptors (Lipinski definition) is 9. The lowest BCUT2D eigenvalue weighted by Crippen LogP contribution is -2.62. The minimum absolute atomic E-state index is 0.00275. The van der Waals surface area contributed by atoms with Crippen LogP contribution in [-0.4, -0.2) is 100 Å². The SMILES string of the molecule is CCC[C@H](NC(=O)[C@@H]1[C@H]2CCC[C@H]2CN1C(=O)[C@@H](NC(=O)C(NC(=O)c1cnccn1)[C@@H](C)OC)C(C)(C)C)C(=O)C(=O)NC1CC1. The molecule has 0 spiro atoms. The van der Waals surface area contributed by atoms with Gasteiger partial charge >= 0.3 is 0 Å². The number of ketones is 1. The highest BCUT2D eigenvalue weighted by Crippen LogP contribution is 2.43. The first-order valence-electron chi connectivity index (χ1n) is 16.6. The van der Waals surface area contributed by atoms with Gasteiger partial charge in [0, 0.05) is 32.1 Å². The molecule has 5 amide bonds. The predicted molar refractivity (Wildman–Crippen MR) is 170 cm³/mol. The highest BCUT2D eigenvalue weighted by molar-refractivity contribution is 6.38. The fourth-order valence-corrected chi connectivity index (χ4v) is 6.54. The number of fused-ring (bicyclic) bond motifs is 1. The first kappa shape index (κ1) is 35.9. The molecular formula is C33H49N7O7. The van der Waals surface area contributed by atoms with E-state index in [1.54, 1.807) is 6.92 Å². The lowest BCUT2D eigenvalue weighted by molar-refractivity contribution is -0.146. The van der Waals surface area contributed by atoms with Crippen LogP contribution in [0.3, 0.4) is 0 Å². The summed E-state index contributed by atoms with van der Waals surface area (Å²) in [6, 6.07) is -4.10. The van der Waals surface area contributed by atoms with E-state index in [1.807, 2.05) is 27.7 Å². The predicted octanol–water partition coefficient (Wildman–Crippen LogP) is 0.901. The second-order valence-electron chi connectivity index (χ2n) is 14.0. The molecule has 1 aromatic heterocycles. The van der Waals surface area contributed by atoms with Gasteiger partial charge in [-0.25, -0.2) is 4.98 Å². The van der Waals surface area contributed by atoms with Crippen molar-refractivity contribution >= 4 is 35.3 Å². The zero-order chi connectivity index (χ0) is 34.5. The van der Waals surface area contributed by atoms with Gasteiger partial charge in [-0.2, -0.15) is 0 Å². The van der Waals surface area contributed by atoms with Crippen LogP contribution < -0.4 is 21.3 Å². The van der Waals surface area contributed by atoms with E-state index in [-0.39, 0.29) is 30.0 Å². The normalized spacial score (nSPS) is 23.1. The number of aromatic nitrogens is 2. The van der Waals surface area contributed by atoms with Crippen LogP contribution in [0.4, 0.5) is 0 Å². The summed E-state index contributed by atoms with van der Waals surface area (Å²) in [5.41, 5.74) is -0.776. The van der Waals surface area contributed by atoms with Crippen LogP contribution in [0.25, 0.3) is 0 Å². The molecule has 14 heteroatoms. The molecule has 0 radical (unpaired) electrons. The molecule has 1 saturated heterocycles. The number of nitrogens with zero attached hydrogens (tertiary/aromatic N) is 3. The van der Waals surface area contributed by atoms with Gasteiger partial charge < -0.3 is 30.9 Å². The molecular weight excluding hydrogens is 606 g/mol. The Bertz CT molecular complexity index is 1330. The summed E-state index contributed by atoms with van der Waals surface area (Å²) in [6.45, 7) is 9.25. The van der Waals surface area contributed by atoms with Crippen molar-refractivity contribution in [2.45, 2.75) is 116 Å². The molecule has 2 aliphatic carbocycles. The first-order valence-corrected chi connectivity index (χ1v) is 16.6. The van der Waals surface area contributed by atoms with E-state index in [2.05, 4.69) is 31.2 Å². The zero-order valence-electron chi connectivity index (χ0n) is 28.2. The van der Waals surface area contributed by atoms with Crippen LogP contribution in [0.2, 0.25) is 0 Å². The summed E-state index contributed by atoms with van der Waals surface area (Å²) in [4.78, 5) is 90.1. The van der Waals surface area contributed by atoms with Crippen molar-refractivity contribution < 1.29 is 33.5 Å². The summed E-state index contributed by atoms with van der Waals surface area (Å²) < 4.78 is 5.40. The fourth-order valence-electron chi connectivity index (χ4n) is 6.54. The number of Topliss-reactive ketones (excluding diaryl/α,β-unsaturated/α-hetero) is 1. The van der Waals surface area contributed by atoms with E-state index >= 15 is 0 Å². The Morgan fingerprint density at radius 3 is 2.34 bits per heavy atom. The maximum Gasteiger partial charge on any atom is 0.289 e. The molecule has 4 rings (SSSR count). The van der Waals surface area contributed by atoms with Gasteiger partial charge in [0.25, 0.3) is 11.8 Å². The van der Waals surface area contributed by atoms with Gasteiger partial charge in [-0.1, -0.05) is 40.5 Å². The summed E-state index contributed by atoms with van der Waals surface area (Å²) in [6.07, 6.45) is 8.33. The van der Waals surface area contributed by atoms with Crippen molar-refractivity contribution in [1.29, 1.82) is 0 Å². The molecule has 2 saturated carbocycles. The largest absolute Gasteiger partial charge is 0.379 e. The quantitative estimate of drug-likeness (QED) is 0.211. The summed E-state index contributed by atoms with van der Waals surface area (Å²) in [5, 5.41) is 11.0. The highest BCUT2D eigenvalue weighted by atomic mass is 16.5. The smallest absolute Gasteiger partial charge is 0.289 e. The minimum Gasteiger partial charge on any atom is -0.379 e. The number of ether oxygens (including phenoxy) is 1. The van der Waals surface area contributed by atoms with Crippen LogP contribution in [-0.2, 0) is 28.7 Å². The number of rotatable bonds is 14. The van der Waals surface area contributed by atoms with E-state index in [0.29, 0.717) is 13.0 Å². The Morgan fingerprint density at radius 2 is 1.74 bits per heavy atom. The molecule has 0 aromatic carbocycles. The van der Waals surface area contributed by atoms with Crippen molar-refractivity contribution in [3.05, 3.63) is 24.3 Å². The summed E-state index contributed by atoms with van der Waals surface area (Å²) in [5.74, 6) is -3.59. The Balaban J connectivity index is 1.55. The average molecular weight is 656 g/mol. The maximum atomic E-state index is 14.4. The molecule has 7 atom stereocenters. The number of hydrogen-bond donors (Lipinski definition) is 4. The summed E-state index contributed by atoms with van der Waals surface area (Å²) >= 11 is 0. The van der Waals surface area contributed by atoms with Crippen molar-refractivity contribution in [2.75, 3.05) is 13.7 Å². The molecule has 14 nitrogen and oxygen atoms in total. The van der Waals surface area contributed by atoms with Gasteiger partial charge in [-0.15, -0.1) is 0 Å². The van der Waals surface area contributed by atoms with Gasteiger partial charge in [0.05, 0.1) is 18.3 Å². The maximum absolute atomic E-state index is 14.4. The van der Waals surface area contributed by atoms with Gasteiger partial charge in [0.1, 0.15) is 23.8 Å². The lowest BCUT2D eigenvalue weighted by Gasteiger charge is -2.37. The van der Waals surface area contributed by atoms with Crippen LogP contribution in [0.5, 0.6) is 0 Å². The monoisotopic (exact) mass is 655 g/mol. The molecule has 4 N–H and O–H groups in total. The van der Waals surface area contributed by atoms with E-state index < -0.39 is 71.0 Å².